The number of rotatable bonds is 54. The maximum atomic E-state index is 12.9. The highest BCUT2D eigenvalue weighted by molar-refractivity contribution is 5.71. The topological polar surface area (TPSA) is 78.9 Å². The molecule has 0 fully saturated rings. The predicted octanol–water partition coefficient (Wildman–Crippen LogP) is 21.0. The molecule has 0 rings (SSSR count). The normalized spacial score (nSPS) is 13.1. The van der Waals surface area contributed by atoms with E-state index in [0.29, 0.717) is 19.3 Å². The minimum atomic E-state index is -0.836. The lowest BCUT2D eigenvalue weighted by Gasteiger charge is -2.18. The van der Waals surface area contributed by atoms with Crippen molar-refractivity contribution >= 4 is 17.9 Å². The van der Waals surface area contributed by atoms with E-state index < -0.39 is 6.10 Å². The van der Waals surface area contributed by atoms with E-state index in [-0.39, 0.29) is 44.0 Å². The fourth-order valence-electron chi connectivity index (χ4n) is 8.15. The Labute approximate surface area is 462 Å². The van der Waals surface area contributed by atoms with Crippen LogP contribution < -0.4 is 0 Å². The zero-order chi connectivity index (χ0) is 54.3. The summed E-state index contributed by atoms with van der Waals surface area (Å²) in [5.41, 5.74) is 0. The van der Waals surface area contributed by atoms with Gasteiger partial charge in [-0.05, 0) is 96.3 Å². The van der Waals surface area contributed by atoms with Gasteiger partial charge in [0.05, 0.1) is 0 Å². The van der Waals surface area contributed by atoms with Gasteiger partial charge in [0.1, 0.15) is 13.2 Å². The second-order valence-electron chi connectivity index (χ2n) is 19.9. The molecule has 0 aliphatic rings. The fourth-order valence-corrected chi connectivity index (χ4v) is 8.15. The smallest absolute Gasteiger partial charge is 0.306 e. The Hall–Kier alpha value is -4.45. The number of ether oxygens (including phenoxy) is 3. The Bertz CT molecular complexity index is 1620. The van der Waals surface area contributed by atoms with Gasteiger partial charge >= 0.3 is 17.9 Å². The lowest BCUT2D eigenvalue weighted by molar-refractivity contribution is -0.166. The maximum Gasteiger partial charge on any atom is 0.306 e. The van der Waals surface area contributed by atoms with Crippen LogP contribution in [0.2, 0.25) is 0 Å². The Kier molecular flexibility index (Phi) is 58.4. The lowest BCUT2D eigenvalue weighted by atomic mass is 10.0. The molecule has 0 heterocycles. The molecular formula is C69H112O6. The van der Waals surface area contributed by atoms with Gasteiger partial charge in [-0.1, -0.05) is 283 Å². The number of unbranched alkanes of at least 4 members (excludes halogenated alkanes) is 21. The molecule has 0 aromatic carbocycles. The van der Waals surface area contributed by atoms with Crippen molar-refractivity contribution < 1.29 is 28.6 Å². The summed E-state index contributed by atoms with van der Waals surface area (Å²) in [5, 5.41) is 0. The maximum absolute atomic E-state index is 12.9. The van der Waals surface area contributed by atoms with Gasteiger partial charge < -0.3 is 14.2 Å². The Morgan fingerprint density at radius 2 is 0.547 bits per heavy atom. The summed E-state index contributed by atoms with van der Waals surface area (Å²) in [6, 6.07) is 0. The molecule has 75 heavy (non-hydrogen) atoms. The first-order valence-electron chi connectivity index (χ1n) is 30.7. The van der Waals surface area contributed by atoms with Crippen molar-refractivity contribution in [1.29, 1.82) is 0 Å². The highest BCUT2D eigenvalue weighted by Crippen LogP contribution is 2.16. The van der Waals surface area contributed by atoms with Gasteiger partial charge in [0.15, 0.2) is 6.10 Å². The zero-order valence-corrected chi connectivity index (χ0v) is 48.5. The van der Waals surface area contributed by atoms with Gasteiger partial charge in [-0.15, -0.1) is 0 Å². The molecule has 6 nitrogen and oxygen atoms in total. The molecule has 0 bridgehead atoms. The van der Waals surface area contributed by atoms with E-state index in [2.05, 4.69) is 148 Å². The van der Waals surface area contributed by atoms with Gasteiger partial charge in [-0.25, -0.2) is 0 Å². The van der Waals surface area contributed by atoms with E-state index in [1.54, 1.807) is 0 Å². The van der Waals surface area contributed by atoms with Crippen molar-refractivity contribution in [3.63, 3.8) is 0 Å². The van der Waals surface area contributed by atoms with Crippen LogP contribution in [0, 0.1) is 0 Å². The molecule has 0 unspecified atom stereocenters. The summed E-state index contributed by atoms with van der Waals surface area (Å²) in [6.45, 7) is 6.31. The van der Waals surface area contributed by atoms with Gasteiger partial charge in [-0.2, -0.15) is 0 Å². The summed E-state index contributed by atoms with van der Waals surface area (Å²) in [5.74, 6) is -1.07. The predicted molar refractivity (Wildman–Crippen MR) is 325 cm³/mol. The van der Waals surface area contributed by atoms with E-state index in [9.17, 15) is 14.4 Å². The van der Waals surface area contributed by atoms with Crippen LogP contribution in [0.15, 0.2) is 134 Å². The summed E-state index contributed by atoms with van der Waals surface area (Å²) < 4.78 is 16.8. The Morgan fingerprint density at radius 3 is 0.880 bits per heavy atom. The first kappa shape index (κ1) is 70.5. The van der Waals surface area contributed by atoms with Gasteiger partial charge in [0.2, 0.25) is 0 Å². The van der Waals surface area contributed by atoms with E-state index in [4.69, 9.17) is 14.2 Å². The van der Waals surface area contributed by atoms with Crippen molar-refractivity contribution in [1.82, 2.24) is 0 Å². The Balaban J connectivity index is 4.55. The first-order valence-corrected chi connectivity index (χ1v) is 30.7. The van der Waals surface area contributed by atoms with Gasteiger partial charge in [0, 0.05) is 19.3 Å². The summed E-state index contributed by atoms with van der Waals surface area (Å²) in [6.07, 6.45) is 87.6. The van der Waals surface area contributed by atoms with Crippen LogP contribution >= 0.6 is 0 Å². The largest absolute Gasteiger partial charge is 0.462 e. The number of allylic oxidation sites excluding steroid dienone is 22. The second kappa shape index (κ2) is 62.1. The van der Waals surface area contributed by atoms with E-state index >= 15 is 0 Å². The molecule has 0 radical (unpaired) electrons. The first-order chi connectivity index (χ1) is 37.0. The molecule has 0 amide bonds. The summed E-state index contributed by atoms with van der Waals surface area (Å²) in [7, 11) is 0. The van der Waals surface area contributed by atoms with Crippen molar-refractivity contribution in [2.75, 3.05) is 13.2 Å². The van der Waals surface area contributed by atoms with Crippen LogP contribution in [0.25, 0.3) is 0 Å². The van der Waals surface area contributed by atoms with Crippen LogP contribution in [-0.4, -0.2) is 37.2 Å². The van der Waals surface area contributed by atoms with Crippen molar-refractivity contribution in [2.45, 2.75) is 271 Å². The molecule has 0 spiro atoms. The van der Waals surface area contributed by atoms with Crippen molar-refractivity contribution in [3.8, 4) is 0 Å². The third-order valence-corrected chi connectivity index (χ3v) is 12.7. The average molecular weight is 1040 g/mol. The van der Waals surface area contributed by atoms with E-state index in [1.807, 2.05) is 6.08 Å². The van der Waals surface area contributed by atoms with Gasteiger partial charge in [-0.3, -0.25) is 14.4 Å². The highest BCUT2D eigenvalue weighted by atomic mass is 16.6. The van der Waals surface area contributed by atoms with E-state index in [1.165, 1.54) is 116 Å². The number of esters is 3. The minimum absolute atomic E-state index is 0.133. The molecule has 0 saturated heterocycles. The standard InChI is InChI=1S/C69H112O6/c1-4-7-10-13-16-19-22-25-28-31-33-34-36-39-42-45-48-51-54-57-60-63-69(72)75-66(64-73-67(70)61-58-55-52-49-46-43-40-37-30-27-24-21-18-15-12-9-6-3)65-74-68(71)62-59-56-53-50-47-44-41-38-35-32-29-26-23-20-17-14-11-8-5-2/h8-9,11-12,17-18,20-21,26-27,29-30,35,38,40,43-44,47,49,52-53,56,66H,4-7,10,13-16,19,22-25,28,31-34,36-37,39,41-42,45-46,48,50-51,54-55,57-65H2,1-3H3/b11-8-,12-9-,20-17-,21-18-,29-26-,30-27-,38-35-,43-40-,47-44-,52-49-,56-53-/t66-/m0/s1. The fraction of sp³-hybridized carbons (Fsp3) is 0.638. The molecule has 0 aromatic heterocycles. The molecule has 1 atom stereocenters. The van der Waals surface area contributed by atoms with Crippen LogP contribution in [0.5, 0.6) is 0 Å². The molecule has 6 heteroatoms. The van der Waals surface area contributed by atoms with Crippen molar-refractivity contribution in [3.05, 3.63) is 134 Å². The zero-order valence-electron chi connectivity index (χ0n) is 48.5. The Morgan fingerprint density at radius 1 is 0.280 bits per heavy atom. The SMILES string of the molecule is CC/C=C\C/C=C\C/C=C\C/C=C\C/C=C\C/C=C\CCC(=O)OC[C@H](COC(=O)CCC/C=C\C/C=C\C/C=C\C/C=C\C/C=C\CC)OC(=O)CCCCCCCCCCCCCCCCCCCCCCC. The molecule has 0 aromatic rings. The van der Waals surface area contributed by atoms with Crippen LogP contribution in [0.4, 0.5) is 0 Å². The van der Waals surface area contributed by atoms with Crippen LogP contribution in [0.3, 0.4) is 0 Å². The minimum Gasteiger partial charge on any atom is -0.462 e. The monoisotopic (exact) mass is 1040 g/mol. The molecule has 424 valence electrons. The number of carbonyl (C=O) groups excluding carboxylic acids is 3. The van der Waals surface area contributed by atoms with Crippen LogP contribution in [-0.2, 0) is 28.6 Å². The average Bonchev–Trinajstić information content (AvgIpc) is 3.41. The number of carbonyl (C=O) groups is 3. The van der Waals surface area contributed by atoms with Gasteiger partial charge in [0.25, 0.3) is 0 Å². The lowest BCUT2D eigenvalue weighted by Crippen LogP contribution is -2.30. The number of hydrogen-bond acceptors (Lipinski definition) is 6. The van der Waals surface area contributed by atoms with E-state index in [0.717, 1.165) is 96.3 Å². The molecular weight excluding hydrogens is 925 g/mol. The highest BCUT2D eigenvalue weighted by Gasteiger charge is 2.19. The summed E-state index contributed by atoms with van der Waals surface area (Å²) >= 11 is 0. The second-order valence-corrected chi connectivity index (χ2v) is 19.9. The van der Waals surface area contributed by atoms with Crippen molar-refractivity contribution in [2.24, 2.45) is 0 Å². The molecule has 0 aliphatic heterocycles. The molecule has 0 N–H and O–H groups in total. The third kappa shape index (κ3) is 60.3. The van der Waals surface area contributed by atoms with Crippen LogP contribution in [0.1, 0.15) is 265 Å². The summed E-state index contributed by atoms with van der Waals surface area (Å²) in [4.78, 5) is 38.2. The molecule has 0 aliphatic carbocycles. The molecule has 0 saturated carbocycles. The quantitative estimate of drug-likeness (QED) is 0.0261. The third-order valence-electron chi connectivity index (χ3n) is 12.7. The number of hydrogen-bond donors (Lipinski definition) is 0.